The van der Waals surface area contributed by atoms with Gasteiger partial charge in [0, 0.05) is 6.54 Å². The number of halogens is 1. The van der Waals surface area contributed by atoms with Crippen LogP contribution in [0.25, 0.3) is 0 Å². The molecule has 8 heteroatoms. The van der Waals surface area contributed by atoms with Crippen LogP contribution in [0.2, 0.25) is 5.02 Å². The molecule has 6 nitrogen and oxygen atoms in total. The van der Waals surface area contributed by atoms with Crippen LogP contribution in [-0.2, 0) is 11.3 Å². The molecule has 0 radical (unpaired) electrons. The highest BCUT2D eigenvalue weighted by Gasteiger charge is 2.20. The van der Waals surface area contributed by atoms with Crippen LogP contribution in [0.4, 0.5) is 0 Å². The Labute approximate surface area is 186 Å². The minimum atomic E-state index is -0.335. The molecule has 2 aromatic carbocycles. The summed E-state index contributed by atoms with van der Waals surface area (Å²) in [5, 5.41) is 12.8. The van der Waals surface area contributed by atoms with Gasteiger partial charge in [0.25, 0.3) is 0 Å². The molecule has 1 amide bonds. The topological polar surface area (TPSA) is 69.0 Å². The van der Waals surface area contributed by atoms with Crippen LogP contribution >= 0.6 is 23.4 Å². The molecule has 2 atom stereocenters. The second kappa shape index (κ2) is 10.5. The lowest BCUT2D eigenvalue weighted by atomic mass is 10.1. The van der Waals surface area contributed by atoms with Crippen molar-refractivity contribution in [3.05, 3.63) is 71.0 Å². The van der Waals surface area contributed by atoms with E-state index in [0.717, 1.165) is 5.56 Å². The third-order valence-corrected chi connectivity index (χ3v) is 5.85. The van der Waals surface area contributed by atoms with Crippen LogP contribution in [-0.4, -0.2) is 26.4 Å². The zero-order valence-electron chi connectivity index (χ0n) is 17.2. The maximum atomic E-state index is 12.4. The maximum absolute atomic E-state index is 12.4. The van der Waals surface area contributed by atoms with Crippen molar-refractivity contribution >= 4 is 29.3 Å². The van der Waals surface area contributed by atoms with Crippen LogP contribution in [0, 0.1) is 0 Å². The summed E-state index contributed by atoms with van der Waals surface area (Å²) in [6.45, 7) is 6.56. The number of carbonyl (C=O) groups is 1. The summed E-state index contributed by atoms with van der Waals surface area (Å²) in [6.07, 6.45) is -0.335. The molecule has 0 spiro atoms. The van der Waals surface area contributed by atoms with Gasteiger partial charge < -0.3 is 14.6 Å². The number of rotatable bonds is 9. The first kappa shape index (κ1) is 22.2. The number of amides is 1. The van der Waals surface area contributed by atoms with Crippen molar-refractivity contribution in [2.24, 2.45) is 0 Å². The van der Waals surface area contributed by atoms with E-state index in [-0.39, 0.29) is 23.8 Å². The van der Waals surface area contributed by atoms with Gasteiger partial charge >= 0.3 is 0 Å². The Balaban J connectivity index is 1.61. The molecule has 1 heterocycles. The van der Waals surface area contributed by atoms with Gasteiger partial charge in [-0.25, -0.2) is 0 Å². The summed E-state index contributed by atoms with van der Waals surface area (Å²) in [6, 6.07) is 17.2. The van der Waals surface area contributed by atoms with E-state index in [1.165, 1.54) is 11.8 Å². The van der Waals surface area contributed by atoms with Crippen molar-refractivity contribution in [1.29, 1.82) is 0 Å². The lowest BCUT2D eigenvalue weighted by molar-refractivity contribution is -0.119. The molecule has 3 aromatic rings. The number of hydrogen-bond donors (Lipinski definition) is 1. The third kappa shape index (κ3) is 5.55. The number of thioether (sulfide) groups is 1. The van der Waals surface area contributed by atoms with Crippen molar-refractivity contribution in [2.75, 3.05) is 5.75 Å². The molecule has 0 aliphatic rings. The van der Waals surface area contributed by atoms with E-state index in [2.05, 4.69) is 15.5 Å². The van der Waals surface area contributed by atoms with Crippen LogP contribution in [0.5, 0.6) is 5.75 Å². The van der Waals surface area contributed by atoms with Crippen LogP contribution in [0.1, 0.15) is 44.3 Å². The number of ether oxygens (including phenoxy) is 1. The molecule has 0 aliphatic carbocycles. The molecular formula is C22H25ClN4O2S. The highest BCUT2D eigenvalue weighted by molar-refractivity contribution is 7.99. The van der Waals surface area contributed by atoms with E-state index in [1.54, 1.807) is 6.07 Å². The van der Waals surface area contributed by atoms with E-state index in [9.17, 15) is 4.79 Å². The molecule has 158 valence electrons. The van der Waals surface area contributed by atoms with E-state index < -0.39 is 0 Å². The number of para-hydroxylation sites is 1. The standard InChI is InChI=1S/C22H25ClN4O2S/c1-4-27-21(16(3)29-19-13-9-8-12-18(19)23)25-26-22(27)30-14-20(28)24-15(2)17-10-6-5-7-11-17/h5-13,15-16H,4,14H2,1-3H3,(H,24,28)/t15-,16-/m0/s1. The van der Waals surface area contributed by atoms with E-state index in [1.807, 2.05) is 73.9 Å². The Morgan fingerprint density at radius 2 is 1.83 bits per heavy atom. The lowest BCUT2D eigenvalue weighted by Crippen LogP contribution is -2.28. The Bertz CT molecular complexity index is 980. The van der Waals surface area contributed by atoms with Crippen LogP contribution in [0.15, 0.2) is 59.8 Å². The quantitative estimate of drug-likeness (QED) is 0.467. The molecule has 0 saturated carbocycles. The second-order valence-electron chi connectivity index (χ2n) is 6.76. The first-order valence-corrected chi connectivity index (χ1v) is 11.2. The predicted octanol–water partition coefficient (Wildman–Crippen LogP) is 5.06. The molecule has 0 bridgehead atoms. The van der Waals surface area contributed by atoms with Crippen molar-refractivity contribution in [3.63, 3.8) is 0 Å². The molecule has 1 N–H and O–H groups in total. The predicted molar refractivity (Wildman–Crippen MR) is 120 cm³/mol. The van der Waals surface area contributed by atoms with Gasteiger partial charge in [-0.15, -0.1) is 10.2 Å². The summed E-state index contributed by atoms with van der Waals surface area (Å²) in [7, 11) is 0. The van der Waals surface area contributed by atoms with E-state index >= 15 is 0 Å². The number of hydrogen-bond acceptors (Lipinski definition) is 5. The first-order chi connectivity index (χ1) is 14.5. The number of benzene rings is 2. The average Bonchev–Trinajstić information content (AvgIpc) is 3.17. The number of aromatic nitrogens is 3. The first-order valence-electron chi connectivity index (χ1n) is 9.81. The minimum absolute atomic E-state index is 0.0519. The number of carbonyl (C=O) groups excluding carboxylic acids is 1. The maximum Gasteiger partial charge on any atom is 0.230 e. The molecule has 0 aliphatic heterocycles. The van der Waals surface area contributed by atoms with Gasteiger partial charge in [0.05, 0.1) is 16.8 Å². The third-order valence-electron chi connectivity index (χ3n) is 4.58. The molecule has 1 aromatic heterocycles. The van der Waals surface area contributed by atoms with E-state index in [4.69, 9.17) is 16.3 Å². The molecule has 0 fully saturated rings. The molecule has 30 heavy (non-hydrogen) atoms. The van der Waals surface area contributed by atoms with Gasteiger partial charge in [0.15, 0.2) is 17.1 Å². The fourth-order valence-corrected chi connectivity index (χ4v) is 4.03. The monoisotopic (exact) mass is 444 g/mol. The average molecular weight is 445 g/mol. The largest absolute Gasteiger partial charge is 0.481 e. The fourth-order valence-electron chi connectivity index (χ4n) is 3.03. The molecule has 0 saturated heterocycles. The zero-order valence-corrected chi connectivity index (χ0v) is 18.8. The van der Waals surface area contributed by atoms with E-state index in [0.29, 0.717) is 28.3 Å². The minimum Gasteiger partial charge on any atom is -0.481 e. The molecule has 3 rings (SSSR count). The Morgan fingerprint density at radius 1 is 1.13 bits per heavy atom. The van der Waals surface area contributed by atoms with Gasteiger partial charge in [-0.2, -0.15) is 0 Å². The SMILES string of the molecule is CCn1c(SCC(=O)N[C@@H](C)c2ccccc2)nnc1[C@H](C)Oc1ccccc1Cl. The second-order valence-corrected chi connectivity index (χ2v) is 8.11. The Hall–Kier alpha value is -2.51. The zero-order chi connectivity index (χ0) is 21.5. The number of nitrogens with zero attached hydrogens (tertiary/aromatic N) is 3. The smallest absolute Gasteiger partial charge is 0.230 e. The normalized spacial score (nSPS) is 12.9. The van der Waals surface area contributed by atoms with Gasteiger partial charge in [-0.1, -0.05) is 65.8 Å². The van der Waals surface area contributed by atoms with Crippen LogP contribution < -0.4 is 10.1 Å². The fraction of sp³-hybridized carbons (Fsp3) is 0.318. The van der Waals surface area contributed by atoms with Gasteiger partial charge in [-0.05, 0) is 38.5 Å². The van der Waals surface area contributed by atoms with Crippen molar-refractivity contribution in [2.45, 2.75) is 44.6 Å². The Morgan fingerprint density at radius 3 is 2.53 bits per heavy atom. The highest BCUT2D eigenvalue weighted by atomic mass is 35.5. The molecular weight excluding hydrogens is 420 g/mol. The van der Waals surface area contributed by atoms with Crippen molar-refractivity contribution < 1.29 is 9.53 Å². The summed E-state index contributed by atoms with van der Waals surface area (Å²) in [5.74, 6) is 1.50. The summed E-state index contributed by atoms with van der Waals surface area (Å²) < 4.78 is 7.93. The van der Waals surface area contributed by atoms with Gasteiger partial charge in [-0.3, -0.25) is 4.79 Å². The number of nitrogens with one attached hydrogen (secondary N) is 1. The highest BCUT2D eigenvalue weighted by Crippen LogP contribution is 2.29. The van der Waals surface area contributed by atoms with Gasteiger partial charge in [0.2, 0.25) is 5.91 Å². The van der Waals surface area contributed by atoms with Crippen LogP contribution in [0.3, 0.4) is 0 Å². The Kier molecular flexibility index (Phi) is 7.76. The summed E-state index contributed by atoms with van der Waals surface area (Å²) >= 11 is 7.55. The molecule has 0 unspecified atom stereocenters. The summed E-state index contributed by atoms with van der Waals surface area (Å²) in [5.41, 5.74) is 1.07. The van der Waals surface area contributed by atoms with Gasteiger partial charge in [0.1, 0.15) is 5.75 Å². The lowest BCUT2D eigenvalue weighted by Gasteiger charge is -2.16. The summed E-state index contributed by atoms with van der Waals surface area (Å²) in [4.78, 5) is 12.4. The van der Waals surface area contributed by atoms with Crippen molar-refractivity contribution in [3.8, 4) is 5.75 Å². The van der Waals surface area contributed by atoms with Crippen molar-refractivity contribution in [1.82, 2.24) is 20.1 Å².